The Morgan fingerprint density at radius 3 is 2.52 bits per heavy atom. The molecule has 0 saturated carbocycles. The fraction of sp³-hybridized carbons (Fsp3) is 0.222. The minimum Gasteiger partial charge on any atom is -0.546 e. The van der Waals surface area contributed by atoms with Crippen molar-refractivity contribution in [2.45, 2.75) is 12.3 Å². The second kappa shape index (κ2) is 7.18. The molecule has 2 aromatic rings. The van der Waals surface area contributed by atoms with E-state index in [1.54, 1.807) is 30.3 Å². The number of hydrogen-bond acceptors (Lipinski definition) is 5. The molecule has 1 aliphatic rings. The largest absolute Gasteiger partial charge is 0.546 e. The van der Waals surface area contributed by atoms with Crippen LogP contribution in [-0.2, 0) is 4.79 Å². The number of ether oxygens (including phenoxy) is 1. The van der Waals surface area contributed by atoms with Crippen LogP contribution in [0, 0.1) is 0 Å². The number of carbonyl (C=O) groups excluding carboxylic acids is 2. The molecule has 1 N–H and O–H groups in total. The third-order valence-electron chi connectivity index (χ3n) is 3.93. The van der Waals surface area contributed by atoms with E-state index in [1.807, 2.05) is 0 Å². The number of nitrogens with one attached hydrogen (secondary N) is 1. The topological polar surface area (TPSA) is 81.7 Å². The number of carboxylic acid groups (broad SMARTS) is 1. The summed E-state index contributed by atoms with van der Waals surface area (Å²) < 4.78 is 44.4. The molecule has 0 fully saturated rings. The second-order valence-corrected chi connectivity index (χ2v) is 5.84. The Labute approximate surface area is 152 Å². The summed E-state index contributed by atoms with van der Waals surface area (Å²) in [6.07, 6.45) is -5.81. The molecule has 3 rings (SSSR count). The number of carbonyl (C=O) groups is 2. The lowest BCUT2D eigenvalue weighted by Gasteiger charge is -2.38. The summed E-state index contributed by atoms with van der Waals surface area (Å²) in [6, 6.07) is 12.2. The summed E-state index contributed by atoms with van der Waals surface area (Å²) in [5.41, 5.74) is 0.692. The van der Waals surface area contributed by atoms with Crippen molar-refractivity contribution in [2.75, 3.05) is 18.5 Å². The number of para-hydroxylation sites is 2. The van der Waals surface area contributed by atoms with Gasteiger partial charge in [-0.25, -0.2) is 0 Å². The predicted octanol–water partition coefficient (Wildman–Crippen LogP) is 1.94. The molecule has 0 bridgehead atoms. The summed E-state index contributed by atoms with van der Waals surface area (Å²) in [5, 5.41) is 13.6. The first-order valence-electron chi connectivity index (χ1n) is 7.91. The first-order chi connectivity index (χ1) is 12.8. The predicted molar refractivity (Wildman–Crippen MR) is 86.8 cm³/mol. The summed E-state index contributed by atoms with van der Waals surface area (Å²) >= 11 is 0. The summed E-state index contributed by atoms with van der Waals surface area (Å²) in [6.45, 7) is -2.25. The zero-order chi connectivity index (χ0) is 19.6. The van der Waals surface area contributed by atoms with Gasteiger partial charge < -0.3 is 24.9 Å². The van der Waals surface area contributed by atoms with Gasteiger partial charge in [0.2, 0.25) is 0 Å². The molecule has 9 heteroatoms. The highest BCUT2D eigenvalue weighted by atomic mass is 19.4. The van der Waals surface area contributed by atoms with E-state index in [0.29, 0.717) is 10.6 Å². The molecule has 0 aliphatic carbocycles. The van der Waals surface area contributed by atoms with Gasteiger partial charge in [0.1, 0.15) is 25.1 Å². The van der Waals surface area contributed by atoms with Crippen molar-refractivity contribution in [3.05, 3.63) is 59.7 Å². The SMILES string of the molecule is O=C([O-])COc1ccccc1[C@H]1Nc2ccccc2C(=O)N1CC(F)(F)F. The molecule has 27 heavy (non-hydrogen) atoms. The van der Waals surface area contributed by atoms with Gasteiger partial charge in [-0.1, -0.05) is 30.3 Å². The van der Waals surface area contributed by atoms with E-state index in [0.717, 1.165) is 0 Å². The van der Waals surface area contributed by atoms with Gasteiger partial charge in [-0.15, -0.1) is 0 Å². The quantitative estimate of drug-likeness (QED) is 0.859. The maximum absolute atomic E-state index is 13.1. The third kappa shape index (κ3) is 4.13. The maximum atomic E-state index is 13.1. The van der Waals surface area contributed by atoms with Crippen LogP contribution in [0.1, 0.15) is 22.1 Å². The summed E-state index contributed by atoms with van der Waals surface area (Å²) in [4.78, 5) is 24.0. The number of anilines is 1. The van der Waals surface area contributed by atoms with E-state index in [9.17, 15) is 27.9 Å². The lowest BCUT2D eigenvalue weighted by molar-refractivity contribution is -0.307. The highest BCUT2D eigenvalue weighted by molar-refractivity contribution is 6.01. The zero-order valence-electron chi connectivity index (χ0n) is 13.8. The average molecular weight is 379 g/mol. The standard InChI is InChI=1S/C18H15F3N2O4/c19-18(20,21)10-23-16(22-13-7-3-1-5-11(13)17(23)26)12-6-2-4-8-14(12)27-9-15(24)25/h1-8,16,22H,9-10H2,(H,24,25)/p-1/t16-/m0/s1. The number of rotatable bonds is 5. The molecule has 1 aliphatic heterocycles. The third-order valence-corrected chi connectivity index (χ3v) is 3.93. The van der Waals surface area contributed by atoms with Crippen molar-refractivity contribution in [1.82, 2.24) is 4.90 Å². The smallest absolute Gasteiger partial charge is 0.406 e. The van der Waals surface area contributed by atoms with E-state index in [1.165, 1.54) is 18.2 Å². The van der Waals surface area contributed by atoms with E-state index >= 15 is 0 Å². The number of carboxylic acids is 1. The molecule has 2 aromatic carbocycles. The van der Waals surface area contributed by atoms with Crippen LogP contribution in [-0.4, -0.2) is 36.1 Å². The zero-order valence-corrected chi connectivity index (χ0v) is 13.8. The Bertz CT molecular complexity index is 870. The Morgan fingerprint density at radius 1 is 1.15 bits per heavy atom. The Morgan fingerprint density at radius 2 is 1.81 bits per heavy atom. The molecule has 142 valence electrons. The number of alkyl halides is 3. The number of halogens is 3. The number of hydrogen-bond donors (Lipinski definition) is 1. The Kier molecular flexibility index (Phi) is 4.93. The summed E-state index contributed by atoms with van der Waals surface area (Å²) in [5.74, 6) is -2.23. The molecule has 0 spiro atoms. The van der Waals surface area contributed by atoms with Gasteiger partial charge in [0, 0.05) is 11.3 Å². The average Bonchev–Trinajstić information content (AvgIpc) is 2.61. The number of nitrogens with zero attached hydrogens (tertiary/aromatic N) is 1. The Hall–Kier alpha value is -3.23. The van der Waals surface area contributed by atoms with E-state index in [2.05, 4.69) is 5.32 Å². The normalized spacial score (nSPS) is 16.5. The van der Waals surface area contributed by atoms with Crippen LogP contribution in [0.3, 0.4) is 0 Å². The van der Waals surface area contributed by atoms with E-state index in [-0.39, 0.29) is 16.9 Å². The van der Waals surface area contributed by atoms with Crippen molar-refractivity contribution in [2.24, 2.45) is 0 Å². The first-order valence-corrected chi connectivity index (χ1v) is 7.91. The van der Waals surface area contributed by atoms with Gasteiger partial charge in [-0.2, -0.15) is 13.2 Å². The number of aliphatic carboxylic acids is 1. The van der Waals surface area contributed by atoms with Gasteiger partial charge in [-0.05, 0) is 18.2 Å². The lowest BCUT2D eigenvalue weighted by Crippen LogP contribution is -2.47. The molecular weight excluding hydrogens is 365 g/mol. The maximum Gasteiger partial charge on any atom is 0.406 e. The van der Waals surface area contributed by atoms with Crippen LogP contribution >= 0.6 is 0 Å². The van der Waals surface area contributed by atoms with Crippen molar-refractivity contribution >= 4 is 17.6 Å². The van der Waals surface area contributed by atoms with Crippen LogP contribution in [0.15, 0.2) is 48.5 Å². The van der Waals surface area contributed by atoms with Crippen molar-refractivity contribution < 1.29 is 32.6 Å². The molecule has 1 atom stereocenters. The molecular formula is C18H14F3N2O4-. The minimum absolute atomic E-state index is 0.0403. The molecule has 1 heterocycles. The molecule has 0 saturated heterocycles. The second-order valence-electron chi connectivity index (χ2n) is 5.84. The van der Waals surface area contributed by atoms with Crippen molar-refractivity contribution in [3.8, 4) is 5.75 Å². The van der Waals surface area contributed by atoms with Gasteiger partial charge in [0.25, 0.3) is 5.91 Å². The van der Waals surface area contributed by atoms with Crippen LogP contribution in [0.2, 0.25) is 0 Å². The molecule has 1 amide bonds. The Balaban J connectivity index is 2.04. The number of amides is 1. The molecule has 6 nitrogen and oxygen atoms in total. The highest BCUT2D eigenvalue weighted by Crippen LogP contribution is 2.38. The minimum atomic E-state index is -4.62. The fourth-order valence-corrected chi connectivity index (χ4v) is 2.87. The summed E-state index contributed by atoms with van der Waals surface area (Å²) in [7, 11) is 0. The van der Waals surface area contributed by atoms with Gasteiger partial charge in [0.15, 0.2) is 0 Å². The van der Waals surface area contributed by atoms with E-state index < -0.39 is 37.4 Å². The lowest BCUT2D eigenvalue weighted by atomic mass is 10.0. The van der Waals surface area contributed by atoms with Gasteiger partial charge in [-0.3, -0.25) is 4.79 Å². The number of fused-ring (bicyclic) bond motifs is 1. The molecule has 0 unspecified atom stereocenters. The van der Waals surface area contributed by atoms with Crippen LogP contribution in [0.5, 0.6) is 5.75 Å². The van der Waals surface area contributed by atoms with Crippen LogP contribution in [0.4, 0.5) is 18.9 Å². The van der Waals surface area contributed by atoms with E-state index in [4.69, 9.17) is 4.74 Å². The number of benzene rings is 2. The van der Waals surface area contributed by atoms with Crippen LogP contribution in [0.25, 0.3) is 0 Å². The van der Waals surface area contributed by atoms with Gasteiger partial charge >= 0.3 is 6.18 Å². The first kappa shape index (κ1) is 18.6. The monoisotopic (exact) mass is 379 g/mol. The van der Waals surface area contributed by atoms with Gasteiger partial charge in [0.05, 0.1) is 11.5 Å². The van der Waals surface area contributed by atoms with Crippen molar-refractivity contribution in [1.29, 1.82) is 0 Å². The van der Waals surface area contributed by atoms with Crippen molar-refractivity contribution in [3.63, 3.8) is 0 Å². The fourth-order valence-electron chi connectivity index (χ4n) is 2.87. The highest BCUT2D eigenvalue weighted by Gasteiger charge is 2.41. The van der Waals surface area contributed by atoms with Crippen LogP contribution < -0.4 is 15.2 Å². The molecule has 0 aromatic heterocycles. The molecule has 0 radical (unpaired) electrons.